The van der Waals surface area contributed by atoms with E-state index in [1.807, 2.05) is 6.07 Å². The molecule has 0 aliphatic heterocycles. The third-order valence-electron chi connectivity index (χ3n) is 2.98. The molecule has 2 N–H and O–H groups in total. The van der Waals surface area contributed by atoms with Crippen LogP contribution in [0.25, 0.3) is 0 Å². The fourth-order valence-corrected chi connectivity index (χ4v) is 3.46. The van der Waals surface area contributed by atoms with Gasteiger partial charge in [0, 0.05) is 7.05 Å². The molecule has 0 spiro atoms. The maximum atomic E-state index is 12.6. The Kier molecular flexibility index (Phi) is 3.48. The number of para-hydroxylation sites is 1. The van der Waals surface area contributed by atoms with Crippen LogP contribution in [0.2, 0.25) is 0 Å². The van der Waals surface area contributed by atoms with Gasteiger partial charge in [-0.25, -0.2) is 8.42 Å². The number of hydrogen-bond acceptors (Lipinski definition) is 3. The highest BCUT2D eigenvalue weighted by molar-refractivity contribution is 7.93. The summed E-state index contributed by atoms with van der Waals surface area (Å²) in [6.07, 6.45) is 0. The van der Waals surface area contributed by atoms with Crippen molar-refractivity contribution in [1.29, 1.82) is 0 Å². The van der Waals surface area contributed by atoms with Crippen LogP contribution < -0.4 is 10.0 Å². The fraction of sp³-hybridized carbons (Fsp3) is 0.143. The Balaban J connectivity index is 2.55. The number of rotatable bonds is 3. The van der Waals surface area contributed by atoms with Crippen molar-refractivity contribution in [3.8, 4) is 0 Å². The van der Waals surface area contributed by atoms with E-state index in [0.29, 0.717) is 11.3 Å². The molecule has 0 amide bonds. The standard InChI is InChI=1S/C14H16N2O2S/c1-11-7-6-10-13(15)14(11)19(17,18)16(2)12-8-4-3-5-9-12/h3-10H,15H2,1-2H3. The minimum absolute atomic E-state index is 0.168. The lowest BCUT2D eigenvalue weighted by atomic mass is 10.2. The summed E-state index contributed by atoms with van der Waals surface area (Å²) in [6, 6.07) is 14.0. The Bertz CT molecular complexity index is 662. The van der Waals surface area contributed by atoms with Gasteiger partial charge in [0.05, 0.1) is 11.4 Å². The van der Waals surface area contributed by atoms with Gasteiger partial charge < -0.3 is 5.73 Å². The van der Waals surface area contributed by atoms with E-state index in [0.717, 1.165) is 0 Å². The summed E-state index contributed by atoms with van der Waals surface area (Å²) in [5.74, 6) is 0. The molecule has 2 aromatic carbocycles. The second-order valence-electron chi connectivity index (χ2n) is 4.30. The van der Waals surface area contributed by atoms with Crippen LogP contribution in [0, 0.1) is 6.92 Å². The molecule has 0 aliphatic carbocycles. The van der Waals surface area contributed by atoms with Gasteiger partial charge in [-0.1, -0.05) is 30.3 Å². The van der Waals surface area contributed by atoms with Crippen LogP contribution in [-0.2, 0) is 10.0 Å². The molecule has 2 aromatic rings. The van der Waals surface area contributed by atoms with Crippen LogP contribution >= 0.6 is 0 Å². The van der Waals surface area contributed by atoms with E-state index in [1.54, 1.807) is 49.4 Å². The molecule has 0 bridgehead atoms. The van der Waals surface area contributed by atoms with Crippen molar-refractivity contribution >= 4 is 21.4 Å². The highest BCUT2D eigenvalue weighted by Gasteiger charge is 2.25. The zero-order chi connectivity index (χ0) is 14.0. The summed E-state index contributed by atoms with van der Waals surface area (Å²) in [5, 5.41) is 0. The van der Waals surface area contributed by atoms with Gasteiger partial charge in [0.15, 0.2) is 0 Å². The number of sulfonamides is 1. The highest BCUT2D eigenvalue weighted by atomic mass is 32.2. The van der Waals surface area contributed by atoms with E-state index >= 15 is 0 Å². The predicted octanol–water partition coefficient (Wildman–Crippen LogP) is 2.40. The summed E-state index contributed by atoms with van der Waals surface area (Å²) in [7, 11) is -2.12. The molecule has 0 unspecified atom stereocenters. The van der Waals surface area contributed by atoms with Crippen molar-refractivity contribution in [2.24, 2.45) is 0 Å². The minimum Gasteiger partial charge on any atom is -0.398 e. The molecule has 2 rings (SSSR count). The van der Waals surface area contributed by atoms with Crippen LogP contribution in [0.4, 0.5) is 11.4 Å². The average molecular weight is 276 g/mol. The van der Waals surface area contributed by atoms with E-state index in [9.17, 15) is 8.42 Å². The maximum Gasteiger partial charge on any atom is 0.266 e. The average Bonchev–Trinajstić information content (AvgIpc) is 2.38. The molecule has 0 atom stereocenters. The maximum absolute atomic E-state index is 12.6. The zero-order valence-corrected chi connectivity index (χ0v) is 11.7. The Morgan fingerprint density at radius 2 is 1.63 bits per heavy atom. The summed E-state index contributed by atoms with van der Waals surface area (Å²) in [6.45, 7) is 1.74. The molecule has 5 heteroatoms. The Labute approximate surface area is 113 Å². The first-order chi connectivity index (χ1) is 8.94. The highest BCUT2D eigenvalue weighted by Crippen LogP contribution is 2.28. The topological polar surface area (TPSA) is 63.4 Å². The van der Waals surface area contributed by atoms with Gasteiger partial charge in [0.2, 0.25) is 0 Å². The molecule has 0 aromatic heterocycles. The van der Waals surface area contributed by atoms with Crippen LogP contribution in [0.3, 0.4) is 0 Å². The molecule has 100 valence electrons. The van der Waals surface area contributed by atoms with Crippen molar-refractivity contribution in [2.75, 3.05) is 17.1 Å². The molecule has 0 aliphatic rings. The van der Waals surface area contributed by atoms with Crippen LogP contribution in [0.15, 0.2) is 53.4 Å². The van der Waals surface area contributed by atoms with Crippen molar-refractivity contribution in [1.82, 2.24) is 0 Å². The van der Waals surface area contributed by atoms with Gasteiger partial charge in [0.1, 0.15) is 4.90 Å². The van der Waals surface area contributed by atoms with Gasteiger partial charge in [0.25, 0.3) is 10.0 Å². The lowest BCUT2D eigenvalue weighted by Gasteiger charge is -2.21. The SMILES string of the molecule is Cc1cccc(N)c1S(=O)(=O)N(C)c1ccccc1. The lowest BCUT2D eigenvalue weighted by molar-refractivity contribution is 0.594. The number of nitrogen functional groups attached to an aromatic ring is 1. The third-order valence-corrected chi connectivity index (χ3v) is 4.99. The molecule has 19 heavy (non-hydrogen) atoms. The zero-order valence-electron chi connectivity index (χ0n) is 10.9. The van der Waals surface area contributed by atoms with Crippen LogP contribution in [-0.4, -0.2) is 15.5 Å². The second-order valence-corrected chi connectivity index (χ2v) is 6.21. The number of benzene rings is 2. The summed E-state index contributed by atoms with van der Waals surface area (Å²) < 4.78 is 26.5. The van der Waals surface area contributed by atoms with Gasteiger partial charge in [-0.05, 0) is 30.7 Å². The number of nitrogens with zero attached hydrogens (tertiary/aromatic N) is 1. The third kappa shape index (κ3) is 2.42. The van der Waals surface area contributed by atoms with Crippen molar-refractivity contribution < 1.29 is 8.42 Å². The fourth-order valence-electron chi connectivity index (χ4n) is 1.94. The van der Waals surface area contributed by atoms with E-state index in [2.05, 4.69) is 0 Å². The summed E-state index contributed by atoms with van der Waals surface area (Å²) in [4.78, 5) is 0.168. The van der Waals surface area contributed by atoms with Crippen LogP contribution in [0.1, 0.15) is 5.56 Å². The minimum atomic E-state index is -3.65. The van der Waals surface area contributed by atoms with E-state index in [4.69, 9.17) is 5.73 Å². The van der Waals surface area contributed by atoms with Crippen molar-refractivity contribution in [3.05, 3.63) is 54.1 Å². The molecule has 0 saturated heterocycles. The number of aryl methyl sites for hydroxylation is 1. The van der Waals surface area contributed by atoms with Crippen molar-refractivity contribution in [3.63, 3.8) is 0 Å². The molecule has 0 heterocycles. The van der Waals surface area contributed by atoms with E-state index in [-0.39, 0.29) is 10.6 Å². The lowest BCUT2D eigenvalue weighted by Crippen LogP contribution is -2.27. The van der Waals surface area contributed by atoms with Gasteiger partial charge in [-0.15, -0.1) is 0 Å². The largest absolute Gasteiger partial charge is 0.398 e. The molecule has 4 nitrogen and oxygen atoms in total. The first-order valence-corrected chi connectivity index (χ1v) is 7.27. The van der Waals surface area contributed by atoms with Gasteiger partial charge >= 0.3 is 0 Å². The van der Waals surface area contributed by atoms with Gasteiger partial charge in [-0.3, -0.25) is 4.31 Å². The number of hydrogen-bond donors (Lipinski definition) is 1. The Hall–Kier alpha value is -2.01. The Morgan fingerprint density at radius 3 is 2.21 bits per heavy atom. The molecule has 0 radical (unpaired) electrons. The second kappa shape index (κ2) is 4.93. The molecule has 0 fully saturated rings. The number of anilines is 2. The number of nitrogens with two attached hydrogens (primary N) is 1. The van der Waals surface area contributed by atoms with Gasteiger partial charge in [-0.2, -0.15) is 0 Å². The first-order valence-electron chi connectivity index (χ1n) is 5.83. The summed E-state index contributed by atoms with van der Waals surface area (Å²) in [5.41, 5.74) is 7.33. The monoisotopic (exact) mass is 276 g/mol. The van der Waals surface area contributed by atoms with E-state index in [1.165, 1.54) is 11.4 Å². The Morgan fingerprint density at radius 1 is 1.00 bits per heavy atom. The molecular weight excluding hydrogens is 260 g/mol. The normalized spacial score (nSPS) is 11.3. The first kappa shape index (κ1) is 13.4. The molecule has 0 saturated carbocycles. The van der Waals surface area contributed by atoms with Crippen LogP contribution in [0.5, 0.6) is 0 Å². The molecular formula is C14H16N2O2S. The van der Waals surface area contributed by atoms with Crippen molar-refractivity contribution in [2.45, 2.75) is 11.8 Å². The smallest absolute Gasteiger partial charge is 0.266 e. The predicted molar refractivity (Wildman–Crippen MR) is 77.6 cm³/mol. The van der Waals surface area contributed by atoms with E-state index < -0.39 is 10.0 Å². The quantitative estimate of drug-likeness (QED) is 0.876. The summed E-state index contributed by atoms with van der Waals surface area (Å²) >= 11 is 0.